The lowest BCUT2D eigenvalue weighted by Crippen LogP contribution is -2.16. The summed E-state index contributed by atoms with van der Waals surface area (Å²) in [7, 11) is 0. The molecule has 194 valence electrons. The Morgan fingerprint density at radius 3 is 2.64 bits per heavy atom. The van der Waals surface area contributed by atoms with Crippen LogP contribution in [0.2, 0.25) is 0 Å². The van der Waals surface area contributed by atoms with Crippen molar-refractivity contribution in [3.63, 3.8) is 0 Å². The number of carbonyl (C=O) groups is 1. The summed E-state index contributed by atoms with van der Waals surface area (Å²) in [6, 6.07) is 17.9. The van der Waals surface area contributed by atoms with Crippen LogP contribution in [0, 0.1) is 0 Å². The normalized spacial score (nSPS) is 14.9. The average molecular weight is 521 g/mol. The van der Waals surface area contributed by atoms with Gasteiger partial charge in [0.25, 0.3) is 11.8 Å². The van der Waals surface area contributed by atoms with E-state index in [1.165, 1.54) is 0 Å². The van der Waals surface area contributed by atoms with Gasteiger partial charge in [-0.2, -0.15) is 4.98 Å². The summed E-state index contributed by atoms with van der Waals surface area (Å²) in [5.41, 5.74) is 4.10. The number of aliphatic hydroxyl groups excluding tert-OH is 1. The van der Waals surface area contributed by atoms with Gasteiger partial charge in [0.05, 0.1) is 41.2 Å². The van der Waals surface area contributed by atoms with E-state index in [1.54, 1.807) is 48.9 Å². The van der Waals surface area contributed by atoms with Crippen molar-refractivity contribution in [2.24, 2.45) is 0 Å². The van der Waals surface area contributed by atoms with Crippen molar-refractivity contribution in [2.75, 3.05) is 17.2 Å². The molecule has 5 heterocycles. The Morgan fingerprint density at radius 1 is 1.03 bits per heavy atom. The van der Waals surface area contributed by atoms with Crippen molar-refractivity contribution < 1.29 is 14.4 Å². The number of aliphatic hydroxyl groups is 1. The zero-order chi connectivity index (χ0) is 26.8. The molecule has 1 unspecified atom stereocenters. The summed E-state index contributed by atoms with van der Waals surface area (Å²) in [5.74, 6) is 1.59. The molecule has 4 N–H and O–H groups in total. The Balaban J connectivity index is 1.36. The van der Waals surface area contributed by atoms with Crippen LogP contribution in [0.1, 0.15) is 40.6 Å². The monoisotopic (exact) mass is 520 g/mol. The van der Waals surface area contributed by atoms with Crippen LogP contribution in [0.25, 0.3) is 22.8 Å². The second kappa shape index (κ2) is 10.3. The fourth-order valence-electron chi connectivity index (χ4n) is 4.41. The number of carbonyl (C=O) groups excluding carboxylic acids is 1. The van der Waals surface area contributed by atoms with Gasteiger partial charge in [0.1, 0.15) is 11.6 Å². The summed E-state index contributed by atoms with van der Waals surface area (Å²) in [5, 5.41) is 23.8. The highest BCUT2D eigenvalue weighted by Crippen LogP contribution is 2.33. The van der Waals surface area contributed by atoms with Crippen molar-refractivity contribution in [2.45, 2.75) is 19.0 Å². The summed E-state index contributed by atoms with van der Waals surface area (Å²) in [4.78, 5) is 29.8. The molecule has 0 radical (unpaired) electrons. The molecule has 4 aromatic heterocycles. The lowest BCUT2D eigenvalue weighted by Gasteiger charge is -2.20. The van der Waals surface area contributed by atoms with Gasteiger partial charge in [-0.05, 0) is 36.8 Å². The van der Waals surface area contributed by atoms with Crippen LogP contribution in [-0.4, -0.2) is 42.7 Å². The number of aromatic nitrogens is 5. The van der Waals surface area contributed by atoms with Crippen molar-refractivity contribution in [3.05, 3.63) is 96.1 Å². The number of anilines is 3. The Hall–Kier alpha value is -5.16. The molecule has 1 amide bonds. The minimum atomic E-state index is -0.404. The highest BCUT2D eigenvalue weighted by atomic mass is 16.5. The minimum Gasteiger partial charge on any atom is -0.394 e. The number of pyridine rings is 3. The molecular formula is C28H24N8O3. The summed E-state index contributed by atoms with van der Waals surface area (Å²) in [6.07, 6.45) is 4.94. The van der Waals surface area contributed by atoms with Crippen LogP contribution < -0.4 is 16.0 Å². The number of nitrogens with one attached hydrogen (secondary N) is 3. The molecular weight excluding hydrogens is 496 g/mol. The van der Waals surface area contributed by atoms with Gasteiger partial charge < -0.3 is 25.6 Å². The predicted molar refractivity (Wildman–Crippen MR) is 144 cm³/mol. The first-order chi connectivity index (χ1) is 19.1. The van der Waals surface area contributed by atoms with Gasteiger partial charge >= 0.3 is 0 Å². The molecule has 0 saturated carbocycles. The maximum atomic E-state index is 12.1. The Bertz CT molecular complexity index is 1620. The van der Waals surface area contributed by atoms with Crippen LogP contribution >= 0.6 is 0 Å². The number of nitrogens with zero attached hydrogens (tertiary/aromatic N) is 5. The number of fused-ring (bicyclic) bond motifs is 1. The van der Waals surface area contributed by atoms with E-state index in [0.29, 0.717) is 40.0 Å². The fourth-order valence-corrected chi connectivity index (χ4v) is 4.41. The molecule has 0 bridgehead atoms. The highest BCUT2D eigenvalue weighted by molar-refractivity contribution is 5.98. The van der Waals surface area contributed by atoms with Gasteiger partial charge in [0, 0.05) is 30.2 Å². The van der Waals surface area contributed by atoms with Gasteiger partial charge in [0.2, 0.25) is 5.82 Å². The average Bonchev–Trinajstić information content (AvgIpc) is 3.57. The second-order valence-corrected chi connectivity index (χ2v) is 9.01. The molecule has 0 spiro atoms. The number of hydrogen-bond donors (Lipinski definition) is 4. The fraction of sp³-hybridized carbons (Fsp3) is 0.143. The van der Waals surface area contributed by atoms with Crippen molar-refractivity contribution in [3.8, 4) is 22.8 Å². The molecule has 11 heteroatoms. The topological polar surface area (TPSA) is 151 Å². The molecule has 39 heavy (non-hydrogen) atoms. The van der Waals surface area contributed by atoms with Crippen molar-refractivity contribution in [1.29, 1.82) is 0 Å². The second-order valence-electron chi connectivity index (χ2n) is 9.01. The molecule has 0 saturated heterocycles. The first kappa shape index (κ1) is 24.2. The van der Waals surface area contributed by atoms with Gasteiger partial charge in [-0.25, -0.2) is 9.97 Å². The molecule has 6 rings (SSSR count). The number of hydrogen-bond acceptors (Lipinski definition) is 10. The van der Waals surface area contributed by atoms with Crippen LogP contribution in [0.15, 0.2) is 83.8 Å². The summed E-state index contributed by atoms with van der Waals surface area (Å²) < 4.78 is 5.60. The van der Waals surface area contributed by atoms with E-state index in [9.17, 15) is 9.90 Å². The van der Waals surface area contributed by atoms with Crippen LogP contribution in [0.5, 0.6) is 0 Å². The molecule has 1 aliphatic rings. The smallest absolute Gasteiger partial charge is 0.261 e. The van der Waals surface area contributed by atoms with E-state index in [-0.39, 0.29) is 24.4 Å². The number of amides is 1. The Kier molecular flexibility index (Phi) is 6.39. The van der Waals surface area contributed by atoms with Crippen molar-refractivity contribution >= 4 is 23.2 Å². The van der Waals surface area contributed by atoms with E-state index in [4.69, 9.17) is 4.52 Å². The Morgan fingerprint density at radius 2 is 1.85 bits per heavy atom. The number of benzene rings is 1. The van der Waals surface area contributed by atoms with Gasteiger partial charge in [-0.1, -0.05) is 35.5 Å². The molecule has 0 fully saturated rings. The van der Waals surface area contributed by atoms with Gasteiger partial charge in [-0.15, -0.1) is 0 Å². The largest absolute Gasteiger partial charge is 0.394 e. The molecule has 1 aromatic carbocycles. The third-order valence-corrected chi connectivity index (χ3v) is 6.40. The Labute approximate surface area is 223 Å². The van der Waals surface area contributed by atoms with Crippen LogP contribution in [0.3, 0.4) is 0 Å². The van der Waals surface area contributed by atoms with Gasteiger partial charge in [0.15, 0.2) is 0 Å². The zero-order valence-electron chi connectivity index (χ0n) is 20.9. The first-order valence-electron chi connectivity index (χ1n) is 12.3. The minimum absolute atomic E-state index is 0.132. The first-order valence-corrected chi connectivity index (χ1v) is 12.3. The SMILES string of the molecule is CC1NC(=O)c2ccc(Nc3cc(N[C@H](CO)c4ccccc4)c(-c4nc(-c5ccncc5)no4)cn3)nc21. The lowest BCUT2D eigenvalue weighted by molar-refractivity contribution is 0.0958. The lowest BCUT2D eigenvalue weighted by atomic mass is 10.1. The predicted octanol–water partition coefficient (Wildman–Crippen LogP) is 4.28. The van der Waals surface area contributed by atoms with Gasteiger partial charge in [-0.3, -0.25) is 9.78 Å². The maximum Gasteiger partial charge on any atom is 0.261 e. The quantitative estimate of drug-likeness (QED) is 0.233. The zero-order valence-corrected chi connectivity index (χ0v) is 20.9. The maximum absolute atomic E-state index is 12.1. The van der Waals surface area contributed by atoms with Crippen molar-refractivity contribution in [1.82, 2.24) is 30.4 Å². The van der Waals surface area contributed by atoms with Crippen LogP contribution in [0.4, 0.5) is 17.3 Å². The summed E-state index contributed by atoms with van der Waals surface area (Å²) >= 11 is 0. The molecule has 11 nitrogen and oxygen atoms in total. The van der Waals surface area contributed by atoms with E-state index in [1.807, 2.05) is 37.3 Å². The molecule has 5 aromatic rings. The highest BCUT2D eigenvalue weighted by Gasteiger charge is 2.27. The molecule has 1 aliphatic heterocycles. The van der Waals surface area contributed by atoms with E-state index >= 15 is 0 Å². The third-order valence-electron chi connectivity index (χ3n) is 6.40. The molecule has 2 atom stereocenters. The number of rotatable bonds is 8. The van der Waals surface area contributed by atoms with E-state index < -0.39 is 6.04 Å². The van der Waals surface area contributed by atoms with E-state index in [0.717, 1.165) is 11.1 Å². The standard InChI is InChI=1S/C28H24N8O3/c1-16-25-19(27(38)31-16)7-8-23(34-25)33-24-13-21(32-22(15-37)17-5-3-2-4-6-17)20(14-30-24)28-35-26(36-39-28)18-9-11-29-12-10-18/h2-14,16,22,37H,15H2,1H3,(H,31,38)(H2,30,32,33,34)/t16?,22-/m1/s1. The third kappa shape index (κ3) is 4.90. The van der Waals surface area contributed by atoms with E-state index in [2.05, 4.69) is 41.0 Å². The summed E-state index contributed by atoms with van der Waals surface area (Å²) in [6.45, 7) is 1.74. The van der Waals surface area contributed by atoms with Crippen LogP contribution in [-0.2, 0) is 0 Å². The molecule has 0 aliphatic carbocycles.